The summed E-state index contributed by atoms with van der Waals surface area (Å²) in [4.78, 5) is 16.3. The zero-order valence-electron chi connectivity index (χ0n) is 12.9. The number of aryl methyl sites for hydroxylation is 1. The predicted octanol–water partition coefficient (Wildman–Crippen LogP) is 2.85. The number of pyridine rings is 1. The zero-order chi connectivity index (χ0) is 14.7. The van der Waals surface area contributed by atoms with E-state index in [1.165, 1.54) is 5.56 Å². The summed E-state index contributed by atoms with van der Waals surface area (Å²) >= 11 is 0. The van der Waals surface area contributed by atoms with Crippen molar-refractivity contribution in [1.82, 2.24) is 15.6 Å². The fourth-order valence-corrected chi connectivity index (χ4v) is 2.30. The largest absolute Gasteiger partial charge is 0.352 e. The number of halogens is 2. The first-order valence-corrected chi connectivity index (χ1v) is 7.23. The van der Waals surface area contributed by atoms with Crippen LogP contribution in [0.25, 0.3) is 11.1 Å². The third-order valence-corrected chi connectivity index (χ3v) is 3.80. The van der Waals surface area contributed by atoms with Crippen LogP contribution in [0.2, 0.25) is 0 Å². The summed E-state index contributed by atoms with van der Waals surface area (Å²) in [5.74, 6) is 0.505. The molecule has 1 aliphatic rings. The first-order chi connectivity index (χ1) is 10.2. The second-order valence-electron chi connectivity index (χ2n) is 5.56. The van der Waals surface area contributed by atoms with E-state index in [0.717, 1.165) is 30.8 Å². The van der Waals surface area contributed by atoms with Crippen LogP contribution in [0.1, 0.15) is 15.9 Å². The minimum atomic E-state index is -0.0524. The van der Waals surface area contributed by atoms with E-state index in [1.54, 1.807) is 12.4 Å². The van der Waals surface area contributed by atoms with Crippen LogP contribution >= 0.6 is 24.8 Å². The molecule has 0 unspecified atom stereocenters. The van der Waals surface area contributed by atoms with Crippen molar-refractivity contribution in [3.05, 3.63) is 53.9 Å². The van der Waals surface area contributed by atoms with Crippen LogP contribution in [-0.4, -0.2) is 30.5 Å². The van der Waals surface area contributed by atoms with Gasteiger partial charge in [0.25, 0.3) is 5.91 Å². The normalized spacial score (nSPS) is 13.3. The quantitative estimate of drug-likeness (QED) is 0.888. The fourth-order valence-electron chi connectivity index (χ4n) is 2.30. The molecule has 1 aromatic heterocycles. The number of benzene rings is 1. The van der Waals surface area contributed by atoms with Crippen LogP contribution in [0.4, 0.5) is 0 Å². The van der Waals surface area contributed by atoms with Gasteiger partial charge in [-0.05, 0) is 18.6 Å². The molecule has 0 atom stereocenters. The molecular weight excluding hydrogens is 333 g/mol. The maximum atomic E-state index is 12.2. The molecule has 6 heteroatoms. The number of carbonyl (C=O) groups is 1. The summed E-state index contributed by atoms with van der Waals surface area (Å²) in [5, 5.41) is 6.17. The third-order valence-electron chi connectivity index (χ3n) is 3.80. The van der Waals surface area contributed by atoms with Gasteiger partial charge in [-0.25, -0.2) is 0 Å². The summed E-state index contributed by atoms with van der Waals surface area (Å²) in [6.07, 6.45) is 3.41. The molecule has 1 amide bonds. The second kappa shape index (κ2) is 8.87. The highest BCUT2D eigenvalue weighted by Gasteiger charge is 2.17. The van der Waals surface area contributed by atoms with Crippen molar-refractivity contribution in [2.45, 2.75) is 6.92 Å². The van der Waals surface area contributed by atoms with Gasteiger partial charge in [-0.2, -0.15) is 0 Å². The first kappa shape index (κ1) is 19.4. The van der Waals surface area contributed by atoms with Crippen molar-refractivity contribution in [3.63, 3.8) is 0 Å². The lowest BCUT2D eigenvalue weighted by Gasteiger charge is -2.27. The molecule has 0 saturated carbocycles. The van der Waals surface area contributed by atoms with Gasteiger partial charge in [0.2, 0.25) is 0 Å². The summed E-state index contributed by atoms with van der Waals surface area (Å²) < 4.78 is 0. The van der Waals surface area contributed by atoms with Gasteiger partial charge < -0.3 is 10.6 Å². The molecule has 1 fully saturated rings. The van der Waals surface area contributed by atoms with Gasteiger partial charge >= 0.3 is 0 Å². The maximum absolute atomic E-state index is 12.2. The maximum Gasteiger partial charge on any atom is 0.252 e. The van der Waals surface area contributed by atoms with Gasteiger partial charge in [-0.3, -0.25) is 9.78 Å². The van der Waals surface area contributed by atoms with Crippen molar-refractivity contribution in [3.8, 4) is 11.1 Å². The first-order valence-electron chi connectivity index (χ1n) is 7.23. The zero-order valence-corrected chi connectivity index (χ0v) is 14.5. The van der Waals surface area contributed by atoms with Crippen LogP contribution in [0, 0.1) is 12.8 Å². The Morgan fingerprint density at radius 1 is 1.17 bits per heavy atom. The highest BCUT2D eigenvalue weighted by Crippen LogP contribution is 2.19. The smallest absolute Gasteiger partial charge is 0.252 e. The minimum Gasteiger partial charge on any atom is -0.352 e. The van der Waals surface area contributed by atoms with E-state index in [0.29, 0.717) is 11.5 Å². The van der Waals surface area contributed by atoms with Crippen molar-refractivity contribution < 1.29 is 4.79 Å². The highest BCUT2D eigenvalue weighted by molar-refractivity contribution is 5.95. The molecule has 2 aromatic rings. The monoisotopic (exact) mass is 353 g/mol. The lowest BCUT2D eigenvalue weighted by Crippen LogP contribution is -2.48. The lowest BCUT2D eigenvalue weighted by molar-refractivity contribution is 0.0942. The van der Waals surface area contributed by atoms with E-state index in [9.17, 15) is 4.79 Å². The molecular formula is C17H21Cl2N3O. The Bertz CT molecular complexity index is 643. The fraction of sp³-hybridized carbons (Fsp3) is 0.294. The summed E-state index contributed by atoms with van der Waals surface area (Å²) in [6, 6.07) is 10.1. The SMILES string of the molecule is Cc1ccc(-c2cncc(C(=O)NCC3CNC3)c2)cc1.Cl.Cl. The molecule has 1 aromatic carbocycles. The number of nitrogens with zero attached hydrogens (tertiary/aromatic N) is 1. The van der Waals surface area contributed by atoms with E-state index < -0.39 is 0 Å². The average molecular weight is 354 g/mol. The Balaban J connectivity index is 0.00000132. The molecule has 23 heavy (non-hydrogen) atoms. The van der Waals surface area contributed by atoms with Gasteiger partial charge in [0.15, 0.2) is 0 Å². The number of hydrogen-bond acceptors (Lipinski definition) is 3. The third kappa shape index (κ3) is 4.93. The molecule has 0 aliphatic carbocycles. The summed E-state index contributed by atoms with van der Waals surface area (Å²) in [5.41, 5.74) is 3.87. The molecule has 0 bridgehead atoms. The van der Waals surface area contributed by atoms with Gasteiger partial charge in [0.1, 0.15) is 0 Å². The molecule has 2 heterocycles. The Hall–Kier alpha value is -1.62. The van der Waals surface area contributed by atoms with Crippen LogP contribution in [0.3, 0.4) is 0 Å². The van der Waals surface area contributed by atoms with Crippen LogP contribution in [-0.2, 0) is 0 Å². The second-order valence-corrected chi connectivity index (χ2v) is 5.56. The van der Waals surface area contributed by atoms with Crippen LogP contribution in [0.5, 0.6) is 0 Å². The molecule has 1 saturated heterocycles. The van der Waals surface area contributed by atoms with E-state index in [2.05, 4.69) is 34.7 Å². The van der Waals surface area contributed by atoms with E-state index in [4.69, 9.17) is 0 Å². The number of carbonyl (C=O) groups excluding carboxylic acids is 1. The lowest BCUT2D eigenvalue weighted by atomic mass is 10.0. The summed E-state index contributed by atoms with van der Waals surface area (Å²) in [6.45, 7) is 4.76. The topological polar surface area (TPSA) is 54.0 Å². The number of hydrogen-bond donors (Lipinski definition) is 2. The molecule has 2 N–H and O–H groups in total. The number of aromatic nitrogens is 1. The Labute approximate surface area is 148 Å². The molecule has 0 radical (unpaired) electrons. The highest BCUT2D eigenvalue weighted by atomic mass is 35.5. The molecule has 1 aliphatic heterocycles. The molecule has 4 nitrogen and oxygen atoms in total. The van der Waals surface area contributed by atoms with Gasteiger partial charge in [-0.1, -0.05) is 29.8 Å². The van der Waals surface area contributed by atoms with Crippen molar-refractivity contribution in [2.24, 2.45) is 5.92 Å². The van der Waals surface area contributed by atoms with Crippen LogP contribution < -0.4 is 10.6 Å². The average Bonchev–Trinajstić information content (AvgIpc) is 2.46. The van der Waals surface area contributed by atoms with Crippen molar-refractivity contribution in [1.29, 1.82) is 0 Å². The molecule has 0 spiro atoms. The summed E-state index contributed by atoms with van der Waals surface area (Å²) in [7, 11) is 0. The Kier molecular flexibility index (Phi) is 7.49. The van der Waals surface area contributed by atoms with Crippen LogP contribution in [0.15, 0.2) is 42.7 Å². The van der Waals surface area contributed by atoms with Gasteiger partial charge in [0.05, 0.1) is 5.56 Å². The van der Waals surface area contributed by atoms with E-state index in [1.807, 2.05) is 18.2 Å². The van der Waals surface area contributed by atoms with Gasteiger partial charge in [-0.15, -0.1) is 24.8 Å². The van der Waals surface area contributed by atoms with Gasteiger partial charge in [0, 0.05) is 43.5 Å². The number of nitrogens with one attached hydrogen (secondary N) is 2. The van der Waals surface area contributed by atoms with E-state index >= 15 is 0 Å². The molecule has 3 rings (SSSR count). The Morgan fingerprint density at radius 2 is 1.87 bits per heavy atom. The number of amides is 1. The minimum absolute atomic E-state index is 0. The molecule has 124 valence electrons. The van der Waals surface area contributed by atoms with Crippen molar-refractivity contribution in [2.75, 3.05) is 19.6 Å². The standard InChI is InChI=1S/C17H19N3O.2ClH/c1-12-2-4-14(5-3-12)15-6-16(11-19-10-15)17(21)20-9-13-7-18-8-13;;/h2-6,10-11,13,18H,7-9H2,1H3,(H,20,21);2*1H. The number of rotatable bonds is 4. The predicted molar refractivity (Wildman–Crippen MR) is 97.6 cm³/mol. The Morgan fingerprint density at radius 3 is 2.48 bits per heavy atom. The van der Waals surface area contributed by atoms with E-state index in [-0.39, 0.29) is 30.7 Å². The van der Waals surface area contributed by atoms with Crippen molar-refractivity contribution >= 4 is 30.7 Å².